The van der Waals surface area contributed by atoms with Crippen LogP contribution in [0.4, 0.5) is 0 Å². The van der Waals surface area contributed by atoms with Crippen LogP contribution in [0.15, 0.2) is 6.07 Å². The molecule has 1 N–H and O–H groups in total. The van der Waals surface area contributed by atoms with Gasteiger partial charge in [-0.3, -0.25) is 4.79 Å². The molecule has 1 amide bonds. The van der Waals surface area contributed by atoms with Gasteiger partial charge in [-0.25, -0.2) is 0 Å². The van der Waals surface area contributed by atoms with Gasteiger partial charge in [-0.1, -0.05) is 0 Å². The number of carbonyl (C=O) groups excluding carboxylic acids is 1. The predicted octanol–water partition coefficient (Wildman–Crippen LogP) is 2.60. The summed E-state index contributed by atoms with van der Waals surface area (Å²) in [5.41, 5.74) is 1.15. The number of aliphatic hydroxyl groups excluding tert-OH is 1. The molecule has 0 saturated carbocycles. The minimum atomic E-state index is -0.497. The third-order valence-electron chi connectivity index (χ3n) is 2.72. The lowest BCUT2D eigenvalue weighted by molar-refractivity contribution is 0.0583. The lowest BCUT2D eigenvalue weighted by Gasteiger charge is -2.27. The van der Waals surface area contributed by atoms with Gasteiger partial charge in [0.25, 0.3) is 5.91 Å². The summed E-state index contributed by atoms with van der Waals surface area (Å²) in [5, 5.41) is 9.44. The fraction of sp³-hybridized carbons (Fsp3) is 0.615. The molecule has 0 fully saturated rings. The van der Waals surface area contributed by atoms with E-state index in [1.54, 1.807) is 11.8 Å². The zero-order valence-corrected chi connectivity index (χ0v) is 12.0. The molecule has 0 aromatic carbocycles. The maximum atomic E-state index is 12.3. The van der Waals surface area contributed by atoms with Gasteiger partial charge in [-0.15, -0.1) is 11.3 Å². The Morgan fingerprint density at radius 2 is 2.00 bits per heavy atom. The Bertz CT molecular complexity index is 377. The molecule has 0 aliphatic heterocycles. The van der Waals surface area contributed by atoms with E-state index in [4.69, 9.17) is 0 Å². The van der Waals surface area contributed by atoms with E-state index in [1.807, 2.05) is 33.8 Å². The largest absolute Gasteiger partial charge is 0.392 e. The van der Waals surface area contributed by atoms with Gasteiger partial charge in [-0.2, -0.15) is 0 Å². The van der Waals surface area contributed by atoms with Gasteiger partial charge in [0.05, 0.1) is 11.0 Å². The zero-order valence-electron chi connectivity index (χ0n) is 11.2. The lowest BCUT2D eigenvalue weighted by Crippen LogP contribution is -2.41. The molecule has 0 bridgehead atoms. The second-order valence-corrected chi connectivity index (χ2v) is 6.01. The summed E-state index contributed by atoms with van der Waals surface area (Å²) < 4.78 is 0. The van der Waals surface area contributed by atoms with E-state index in [2.05, 4.69) is 0 Å². The molecule has 0 saturated heterocycles. The highest BCUT2D eigenvalue weighted by Gasteiger charge is 2.22. The van der Waals surface area contributed by atoms with Crippen molar-refractivity contribution < 1.29 is 9.90 Å². The zero-order chi connectivity index (χ0) is 13.2. The Kier molecular flexibility index (Phi) is 4.71. The Morgan fingerprint density at radius 1 is 1.41 bits per heavy atom. The highest BCUT2D eigenvalue weighted by molar-refractivity contribution is 7.14. The Labute approximate surface area is 107 Å². The molecule has 96 valence electrons. The van der Waals surface area contributed by atoms with Crippen LogP contribution in [0.2, 0.25) is 0 Å². The minimum absolute atomic E-state index is 0.0158. The van der Waals surface area contributed by atoms with Gasteiger partial charge >= 0.3 is 0 Å². The highest BCUT2D eigenvalue weighted by atomic mass is 32.1. The van der Waals surface area contributed by atoms with Crippen LogP contribution in [0.1, 0.15) is 40.9 Å². The minimum Gasteiger partial charge on any atom is -0.392 e. The second kappa shape index (κ2) is 5.65. The van der Waals surface area contributed by atoms with Crippen molar-refractivity contribution in [3.63, 3.8) is 0 Å². The summed E-state index contributed by atoms with van der Waals surface area (Å²) in [7, 11) is 0. The van der Waals surface area contributed by atoms with E-state index in [0.29, 0.717) is 6.54 Å². The maximum Gasteiger partial charge on any atom is 0.264 e. The molecular weight excluding hydrogens is 234 g/mol. The van der Waals surface area contributed by atoms with Crippen LogP contribution >= 0.6 is 11.3 Å². The molecule has 0 spiro atoms. The summed E-state index contributed by atoms with van der Waals surface area (Å²) in [6.45, 7) is 10.0. The number of aryl methyl sites for hydroxylation is 2. The predicted molar refractivity (Wildman–Crippen MR) is 71.6 cm³/mol. The molecule has 0 aliphatic carbocycles. The molecule has 1 unspecified atom stereocenters. The smallest absolute Gasteiger partial charge is 0.264 e. The Balaban J connectivity index is 2.91. The summed E-state index contributed by atoms with van der Waals surface area (Å²) in [4.78, 5) is 16.0. The van der Waals surface area contributed by atoms with Crippen molar-refractivity contribution in [1.29, 1.82) is 0 Å². The van der Waals surface area contributed by atoms with Crippen LogP contribution in [0.25, 0.3) is 0 Å². The van der Waals surface area contributed by atoms with Crippen molar-refractivity contribution in [2.24, 2.45) is 0 Å². The Hall–Kier alpha value is -0.870. The van der Waals surface area contributed by atoms with Crippen LogP contribution in [-0.2, 0) is 0 Å². The normalized spacial score (nSPS) is 12.9. The van der Waals surface area contributed by atoms with Gasteiger partial charge in [-0.05, 0) is 46.2 Å². The number of hydrogen-bond donors (Lipinski definition) is 1. The summed E-state index contributed by atoms with van der Waals surface area (Å²) in [6, 6.07) is 2.03. The average molecular weight is 255 g/mol. The molecule has 1 aromatic rings. The van der Waals surface area contributed by atoms with Crippen molar-refractivity contribution in [1.82, 2.24) is 4.90 Å². The van der Waals surface area contributed by atoms with E-state index < -0.39 is 6.10 Å². The molecule has 1 aromatic heterocycles. The van der Waals surface area contributed by atoms with E-state index >= 15 is 0 Å². The fourth-order valence-electron chi connectivity index (χ4n) is 1.63. The molecule has 1 rings (SSSR count). The van der Waals surface area contributed by atoms with Crippen LogP contribution in [-0.4, -0.2) is 34.6 Å². The monoisotopic (exact) mass is 255 g/mol. The molecule has 0 aliphatic rings. The van der Waals surface area contributed by atoms with Crippen molar-refractivity contribution in [2.45, 2.75) is 46.8 Å². The summed E-state index contributed by atoms with van der Waals surface area (Å²) >= 11 is 1.52. The van der Waals surface area contributed by atoms with Gasteiger partial charge in [0.2, 0.25) is 0 Å². The third-order valence-corrected chi connectivity index (χ3v) is 3.86. The fourth-order valence-corrected chi connectivity index (χ4v) is 2.62. The van der Waals surface area contributed by atoms with Crippen molar-refractivity contribution in [2.75, 3.05) is 6.54 Å². The van der Waals surface area contributed by atoms with Gasteiger partial charge in [0.15, 0.2) is 0 Å². The first-order valence-electron chi connectivity index (χ1n) is 5.89. The number of hydrogen-bond acceptors (Lipinski definition) is 3. The standard InChI is InChI=1S/C13H21NO2S/c1-8(2)14(7-10(4)15)13(16)12-6-9(3)11(5)17-12/h6,8,10,15H,7H2,1-5H3. The number of amides is 1. The summed E-state index contributed by atoms with van der Waals surface area (Å²) in [6.07, 6.45) is -0.497. The Morgan fingerprint density at radius 3 is 2.35 bits per heavy atom. The van der Waals surface area contributed by atoms with E-state index in [-0.39, 0.29) is 11.9 Å². The number of nitrogens with zero attached hydrogens (tertiary/aromatic N) is 1. The molecule has 3 nitrogen and oxygen atoms in total. The topological polar surface area (TPSA) is 40.5 Å². The first-order valence-corrected chi connectivity index (χ1v) is 6.70. The van der Waals surface area contributed by atoms with E-state index in [1.165, 1.54) is 16.2 Å². The molecule has 1 atom stereocenters. The molecule has 1 heterocycles. The van der Waals surface area contributed by atoms with Crippen LogP contribution in [0.5, 0.6) is 0 Å². The van der Waals surface area contributed by atoms with E-state index in [9.17, 15) is 9.90 Å². The molecular formula is C13H21NO2S. The number of rotatable bonds is 4. The maximum absolute atomic E-state index is 12.3. The highest BCUT2D eigenvalue weighted by Crippen LogP contribution is 2.22. The summed E-state index contributed by atoms with van der Waals surface area (Å²) in [5.74, 6) is 0.0158. The van der Waals surface area contributed by atoms with Crippen molar-refractivity contribution in [3.8, 4) is 0 Å². The first kappa shape index (κ1) is 14.2. The number of thiophene rings is 1. The van der Waals surface area contributed by atoms with Crippen molar-refractivity contribution >= 4 is 17.2 Å². The van der Waals surface area contributed by atoms with Gasteiger partial charge in [0, 0.05) is 17.5 Å². The first-order chi connectivity index (χ1) is 7.82. The van der Waals surface area contributed by atoms with Crippen LogP contribution in [0.3, 0.4) is 0 Å². The lowest BCUT2D eigenvalue weighted by atomic mass is 10.2. The van der Waals surface area contributed by atoms with Crippen LogP contribution in [0, 0.1) is 13.8 Å². The number of carbonyl (C=O) groups is 1. The molecule has 17 heavy (non-hydrogen) atoms. The quantitative estimate of drug-likeness (QED) is 0.898. The molecule has 0 radical (unpaired) electrons. The third kappa shape index (κ3) is 3.54. The molecule has 4 heteroatoms. The van der Waals surface area contributed by atoms with E-state index in [0.717, 1.165) is 10.4 Å². The SMILES string of the molecule is Cc1cc(C(=O)N(CC(C)O)C(C)C)sc1C. The second-order valence-electron chi connectivity index (χ2n) is 4.75. The van der Waals surface area contributed by atoms with Crippen LogP contribution < -0.4 is 0 Å². The van der Waals surface area contributed by atoms with Crippen molar-refractivity contribution in [3.05, 3.63) is 21.4 Å². The van der Waals surface area contributed by atoms with Gasteiger partial charge < -0.3 is 10.0 Å². The average Bonchev–Trinajstić information content (AvgIpc) is 2.54. The van der Waals surface area contributed by atoms with Gasteiger partial charge in [0.1, 0.15) is 0 Å². The number of aliphatic hydroxyl groups is 1.